The van der Waals surface area contributed by atoms with E-state index in [0.29, 0.717) is 12.1 Å². The average molecular weight is 439 g/mol. The molecule has 3 atom stereocenters. The molecule has 32 heavy (non-hydrogen) atoms. The summed E-state index contributed by atoms with van der Waals surface area (Å²) >= 11 is 0. The van der Waals surface area contributed by atoms with Gasteiger partial charge in [-0.3, -0.25) is 14.5 Å². The predicted molar refractivity (Wildman–Crippen MR) is 130 cm³/mol. The van der Waals surface area contributed by atoms with Gasteiger partial charge in [0.15, 0.2) is 0 Å². The van der Waals surface area contributed by atoms with Crippen molar-refractivity contribution in [1.82, 2.24) is 19.7 Å². The lowest BCUT2D eigenvalue weighted by Crippen LogP contribution is -2.52. The summed E-state index contributed by atoms with van der Waals surface area (Å²) in [5.41, 5.74) is 0.938. The maximum Gasteiger partial charge on any atom is 0.264 e. The minimum atomic E-state index is -0.226. The first-order chi connectivity index (χ1) is 15.4. The Morgan fingerprint density at radius 1 is 1.12 bits per heavy atom. The Morgan fingerprint density at radius 2 is 1.78 bits per heavy atom. The Hall–Kier alpha value is -2.18. The minimum absolute atomic E-state index is 0.00922. The molecule has 2 aromatic rings. The van der Waals surface area contributed by atoms with Gasteiger partial charge in [0.25, 0.3) is 11.5 Å². The molecule has 1 aromatic carbocycles. The molecule has 0 spiro atoms. The number of fused-ring (bicyclic) bond motifs is 3. The van der Waals surface area contributed by atoms with E-state index in [1.165, 1.54) is 12.8 Å². The van der Waals surface area contributed by atoms with Gasteiger partial charge in [-0.15, -0.1) is 0 Å². The highest BCUT2D eigenvalue weighted by atomic mass is 16.2. The number of carbonyl (C=O) groups is 1. The molecule has 1 amide bonds. The molecular formula is C26H38N4O2. The summed E-state index contributed by atoms with van der Waals surface area (Å²) in [5.74, 6) is -0.226. The number of nitrogens with zero attached hydrogens (tertiary/aromatic N) is 3. The number of benzene rings is 1. The molecule has 174 valence electrons. The fraction of sp³-hybridized carbons (Fsp3) is 0.615. The Kier molecular flexibility index (Phi) is 7.01. The van der Waals surface area contributed by atoms with Crippen molar-refractivity contribution in [3.63, 3.8) is 0 Å². The van der Waals surface area contributed by atoms with Crippen LogP contribution in [-0.2, 0) is 0 Å². The summed E-state index contributed by atoms with van der Waals surface area (Å²) in [6, 6.07) is 10.8. The first-order valence-electron chi connectivity index (χ1n) is 12.4. The second-order valence-electron chi connectivity index (χ2n) is 9.68. The number of nitrogens with one attached hydrogen (secondary N) is 1. The normalized spacial score (nSPS) is 23.4. The number of likely N-dealkylation sites (N-methyl/N-ethyl adjacent to an activating group) is 1. The number of pyridine rings is 1. The third kappa shape index (κ3) is 4.48. The first kappa shape index (κ1) is 23.0. The fourth-order valence-electron chi connectivity index (χ4n) is 5.78. The summed E-state index contributed by atoms with van der Waals surface area (Å²) in [4.78, 5) is 31.6. The maximum absolute atomic E-state index is 13.2. The van der Waals surface area contributed by atoms with Crippen LogP contribution < -0.4 is 10.9 Å². The molecule has 2 saturated heterocycles. The number of piperidine rings is 1. The van der Waals surface area contributed by atoms with E-state index in [1.54, 1.807) is 10.6 Å². The highest BCUT2D eigenvalue weighted by molar-refractivity contribution is 5.97. The highest BCUT2D eigenvalue weighted by Crippen LogP contribution is 2.35. The monoisotopic (exact) mass is 438 g/mol. The van der Waals surface area contributed by atoms with Crippen LogP contribution >= 0.6 is 0 Å². The minimum Gasteiger partial charge on any atom is -0.349 e. The van der Waals surface area contributed by atoms with Crippen molar-refractivity contribution in [2.24, 2.45) is 0 Å². The largest absolute Gasteiger partial charge is 0.349 e. The second kappa shape index (κ2) is 9.75. The van der Waals surface area contributed by atoms with Crippen LogP contribution in [0, 0.1) is 0 Å². The van der Waals surface area contributed by atoms with E-state index < -0.39 is 0 Å². The van der Waals surface area contributed by atoms with E-state index in [2.05, 4.69) is 29.0 Å². The van der Waals surface area contributed by atoms with Gasteiger partial charge in [-0.2, -0.15) is 0 Å². The van der Waals surface area contributed by atoms with Gasteiger partial charge in [-0.1, -0.05) is 32.0 Å². The summed E-state index contributed by atoms with van der Waals surface area (Å²) in [7, 11) is 0. The van der Waals surface area contributed by atoms with Crippen LogP contribution in [0.15, 0.2) is 35.1 Å². The number of carbonyl (C=O) groups excluding carboxylic acids is 1. The SMILES string of the molecule is CCN(CC)CCN1[C@@H]2CC[C@H]1CC(NC(=O)c1cc3ccccc3n(C(C)C)c1=O)C2. The van der Waals surface area contributed by atoms with Crippen LogP contribution in [0.3, 0.4) is 0 Å². The lowest BCUT2D eigenvalue weighted by molar-refractivity contribution is 0.0813. The van der Waals surface area contributed by atoms with Crippen LogP contribution in [-0.4, -0.2) is 64.6 Å². The van der Waals surface area contributed by atoms with Gasteiger partial charge in [0.2, 0.25) is 0 Å². The van der Waals surface area contributed by atoms with Crippen molar-refractivity contribution in [2.75, 3.05) is 26.2 Å². The number of hydrogen-bond acceptors (Lipinski definition) is 4. The third-order valence-electron chi connectivity index (χ3n) is 7.49. The van der Waals surface area contributed by atoms with Crippen molar-refractivity contribution in [3.8, 4) is 0 Å². The Bertz CT molecular complexity index is 997. The smallest absolute Gasteiger partial charge is 0.264 e. The predicted octanol–water partition coefficient (Wildman–Crippen LogP) is 3.65. The fourth-order valence-corrected chi connectivity index (χ4v) is 5.78. The van der Waals surface area contributed by atoms with Crippen LogP contribution in [0.25, 0.3) is 10.9 Å². The van der Waals surface area contributed by atoms with E-state index in [1.807, 2.05) is 38.1 Å². The van der Waals surface area contributed by atoms with Crippen molar-refractivity contribution >= 4 is 16.8 Å². The number of para-hydroxylation sites is 1. The molecule has 0 radical (unpaired) electrons. The van der Waals surface area contributed by atoms with Crippen molar-refractivity contribution in [1.29, 1.82) is 0 Å². The average Bonchev–Trinajstić information content (AvgIpc) is 3.01. The molecule has 6 heteroatoms. The molecule has 2 bridgehead atoms. The zero-order valence-electron chi connectivity index (χ0n) is 20.0. The molecule has 2 aliphatic heterocycles. The summed E-state index contributed by atoms with van der Waals surface area (Å²) in [5, 5.41) is 4.15. The summed E-state index contributed by atoms with van der Waals surface area (Å²) < 4.78 is 1.74. The standard InChI is InChI=1S/C26H38N4O2/c1-5-28(6-2)13-14-29-21-11-12-22(29)17-20(16-21)27-25(31)23-15-19-9-7-8-10-24(19)30(18(3)4)26(23)32/h7-10,15,18,20-22H,5-6,11-14,16-17H2,1-4H3,(H,27,31)/t20?,21-,22+. The first-order valence-corrected chi connectivity index (χ1v) is 12.4. The Morgan fingerprint density at radius 3 is 2.41 bits per heavy atom. The third-order valence-corrected chi connectivity index (χ3v) is 7.49. The summed E-state index contributed by atoms with van der Waals surface area (Å²) in [6.45, 7) is 12.8. The number of rotatable bonds is 8. The number of amides is 1. The van der Waals surface area contributed by atoms with Gasteiger partial charge in [0.05, 0.1) is 5.52 Å². The molecule has 2 aliphatic rings. The molecule has 3 heterocycles. The molecule has 0 aliphatic carbocycles. The highest BCUT2D eigenvalue weighted by Gasteiger charge is 2.41. The molecule has 0 saturated carbocycles. The molecule has 1 aromatic heterocycles. The van der Waals surface area contributed by atoms with Gasteiger partial charge in [0.1, 0.15) is 5.56 Å². The van der Waals surface area contributed by atoms with Crippen molar-refractivity contribution < 1.29 is 4.79 Å². The van der Waals surface area contributed by atoms with Crippen molar-refractivity contribution in [2.45, 2.75) is 77.5 Å². The van der Waals surface area contributed by atoms with Crippen molar-refractivity contribution in [3.05, 3.63) is 46.2 Å². The molecular weight excluding hydrogens is 400 g/mol. The van der Waals surface area contributed by atoms with Crippen LogP contribution in [0.1, 0.15) is 69.8 Å². The van der Waals surface area contributed by atoms with E-state index >= 15 is 0 Å². The van der Waals surface area contributed by atoms with Crippen LogP contribution in [0.2, 0.25) is 0 Å². The number of hydrogen-bond donors (Lipinski definition) is 1. The summed E-state index contributed by atoms with van der Waals surface area (Å²) in [6.07, 6.45) is 4.38. The topological polar surface area (TPSA) is 57.6 Å². The second-order valence-corrected chi connectivity index (χ2v) is 9.68. The maximum atomic E-state index is 13.2. The lowest BCUT2D eigenvalue weighted by Gasteiger charge is -2.40. The lowest BCUT2D eigenvalue weighted by atomic mass is 9.96. The number of aromatic nitrogens is 1. The van der Waals surface area contributed by atoms with Gasteiger partial charge < -0.3 is 14.8 Å². The van der Waals surface area contributed by atoms with Gasteiger partial charge in [-0.05, 0) is 70.1 Å². The quantitative estimate of drug-likeness (QED) is 0.684. The molecule has 6 nitrogen and oxygen atoms in total. The molecule has 1 unspecified atom stereocenters. The Balaban J connectivity index is 1.47. The van der Waals surface area contributed by atoms with E-state index in [4.69, 9.17) is 0 Å². The van der Waals surface area contributed by atoms with E-state index in [0.717, 1.165) is 49.9 Å². The van der Waals surface area contributed by atoms with Crippen LogP contribution in [0.5, 0.6) is 0 Å². The molecule has 2 fully saturated rings. The van der Waals surface area contributed by atoms with Gasteiger partial charge in [0, 0.05) is 37.3 Å². The Labute approximate surface area is 191 Å². The van der Waals surface area contributed by atoms with Crippen LogP contribution in [0.4, 0.5) is 0 Å². The van der Waals surface area contributed by atoms with E-state index in [-0.39, 0.29) is 29.1 Å². The zero-order valence-corrected chi connectivity index (χ0v) is 20.0. The van der Waals surface area contributed by atoms with Gasteiger partial charge in [-0.25, -0.2) is 0 Å². The molecule has 1 N–H and O–H groups in total. The van der Waals surface area contributed by atoms with Gasteiger partial charge >= 0.3 is 0 Å². The molecule has 4 rings (SSSR count). The zero-order chi connectivity index (χ0) is 22.8. The van der Waals surface area contributed by atoms with E-state index in [9.17, 15) is 9.59 Å².